The van der Waals surface area contributed by atoms with E-state index in [1.807, 2.05) is 37.4 Å². The minimum atomic E-state index is -0.188. The van der Waals surface area contributed by atoms with E-state index < -0.39 is 0 Å². The molecule has 1 fully saturated rings. The molecule has 3 rings (SSSR count). The number of aromatic amines is 1. The first-order valence-electron chi connectivity index (χ1n) is 7.71. The molecule has 1 aromatic carbocycles. The van der Waals surface area contributed by atoms with Crippen molar-refractivity contribution >= 4 is 18.1 Å². The van der Waals surface area contributed by atoms with Crippen LogP contribution < -0.4 is 5.32 Å². The molecule has 1 saturated heterocycles. The lowest BCUT2D eigenvalue weighted by Gasteiger charge is -2.31. The molecule has 1 aliphatic rings. The van der Waals surface area contributed by atoms with Gasteiger partial charge in [0.15, 0.2) is 10.6 Å². The predicted molar refractivity (Wildman–Crippen MR) is 88.1 cm³/mol. The number of carbonyl (C=O) groups excluding carboxylic acids is 1. The number of H-pyrrole nitrogens is 1. The first-order chi connectivity index (χ1) is 11.2. The maximum Gasteiger partial charge on any atom is 0.226 e. The van der Waals surface area contributed by atoms with Gasteiger partial charge in [-0.1, -0.05) is 30.3 Å². The van der Waals surface area contributed by atoms with E-state index in [1.165, 1.54) is 0 Å². The van der Waals surface area contributed by atoms with E-state index in [2.05, 4.69) is 15.5 Å². The zero-order valence-electron chi connectivity index (χ0n) is 13.0. The van der Waals surface area contributed by atoms with Crippen molar-refractivity contribution in [2.45, 2.75) is 25.5 Å². The van der Waals surface area contributed by atoms with Crippen molar-refractivity contribution in [2.24, 2.45) is 13.0 Å². The van der Waals surface area contributed by atoms with Crippen LogP contribution in [0.1, 0.15) is 30.3 Å². The third-order valence-electron chi connectivity index (χ3n) is 4.18. The van der Waals surface area contributed by atoms with E-state index in [0.29, 0.717) is 23.7 Å². The lowest BCUT2D eigenvalue weighted by molar-refractivity contribution is -0.135. The van der Waals surface area contributed by atoms with Crippen LogP contribution >= 0.6 is 12.2 Å². The lowest BCUT2D eigenvalue weighted by atomic mass is 9.89. The van der Waals surface area contributed by atoms with Gasteiger partial charge in [-0.15, -0.1) is 0 Å². The van der Waals surface area contributed by atoms with Gasteiger partial charge >= 0.3 is 0 Å². The zero-order valence-corrected chi connectivity index (χ0v) is 13.8. The van der Waals surface area contributed by atoms with Crippen LogP contribution in [0.3, 0.4) is 0 Å². The van der Waals surface area contributed by atoms with Crippen LogP contribution in [0.5, 0.6) is 0 Å². The Hall–Kier alpha value is -1.99. The molecule has 1 amide bonds. The Morgan fingerprint density at radius 1 is 1.48 bits per heavy atom. The summed E-state index contributed by atoms with van der Waals surface area (Å²) in [6.07, 6.45) is 1.53. The van der Waals surface area contributed by atoms with Crippen molar-refractivity contribution in [3.8, 4) is 0 Å². The SMILES string of the molecule is Cn1c(CNC(=O)[C@@H]2CCCO[C@H]2c2ccccc2)n[nH]c1=S. The summed E-state index contributed by atoms with van der Waals surface area (Å²) in [6, 6.07) is 9.92. The molecule has 23 heavy (non-hydrogen) atoms. The highest BCUT2D eigenvalue weighted by atomic mass is 32.1. The largest absolute Gasteiger partial charge is 0.373 e. The number of hydrogen-bond acceptors (Lipinski definition) is 4. The summed E-state index contributed by atoms with van der Waals surface area (Å²) in [5.74, 6) is 0.516. The van der Waals surface area contributed by atoms with Crippen LogP contribution in [0.25, 0.3) is 0 Å². The fraction of sp³-hybridized carbons (Fsp3) is 0.438. The third-order valence-corrected chi connectivity index (χ3v) is 4.55. The Bertz CT molecular complexity index is 725. The van der Waals surface area contributed by atoms with Gasteiger partial charge < -0.3 is 14.6 Å². The number of aromatic nitrogens is 3. The van der Waals surface area contributed by atoms with Gasteiger partial charge in [0.05, 0.1) is 18.6 Å². The molecule has 2 atom stereocenters. The smallest absolute Gasteiger partial charge is 0.226 e. The molecular formula is C16H20N4O2S. The number of carbonyl (C=O) groups is 1. The molecule has 0 saturated carbocycles. The van der Waals surface area contributed by atoms with Gasteiger partial charge in [-0.25, -0.2) is 0 Å². The van der Waals surface area contributed by atoms with Gasteiger partial charge in [-0.3, -0.25) is 9.89 Å². The van der Waals surface area contributed by atoms with E-state index in [-0.39, 0.29) is 17.9 Å². The van der Waals surface area contributed by atoms with Crippen LogP contribution in [-0.4, -0.2) is 27.3 Å². The fourth-order valence-electron chi connectivity index (χ4n) is 2.86. The van der Waals surface area contributed by atoms with Crippen LogP contribution in [0.2, 0.25) is 0 Å². The molecule has 0 radical (unpaired) electrons. The highest BCUT2D eigenvalue weighted by molar-refractivity contribution is 7.71. The van der Waals surface area contributed by atoms with Gasteiger partial charge in [0.1, 0.15) is 0 Å². The minimum Gasteiger partial charge on any atom is -0.373 e. The van der Waals surface area contributed by atoms with Crippen molar-refractivity contribution in [2.75, 3.05) is 6.61 Å². The van der Waals surface area contributed by atoms with Crippen molar-refractivity contribution in [1.82, 2.24) is 20.1 Å². The Morgan fingerprint density at radius 2 is 2.26 bits per heavy atom. The number of benzene rings is 1. The molecule has 0 bridgehead atoms. The fourth-order valence-corrected chi connectivity index (χ4v) is 3.01. The normalized spacial score (nSPS) is 21.1. The van der Waals surface area contributed by atoms with E-state index in [1.54, 1.807) is 4.57 Å². The van der Waals surface area contributed by atoms with Crippen LogP contribution in [-0.2, 0) is 23.1 Å². The topological polar surface area (TPSA) is 71.9 Å². The van der Waals surface area contributed by atoms with Crippen molar-refractivity contribution in [3.05, 3.63) is 46.5 Å². The van der Waals surface area contributed by atoms with Crippen molar-refractivity contribution in [3.63, 3.8) is 0 Å². The molecule has 6 nitrogen and oxygen atoms in total. The quantitative estimate of drug-likeness (QED) is 0.843. The van der Waals surface area contributed by atoms with Gasteiger partial charge in [-0.05, 0) is 30.6 Å². The molecule has 2 aromatic rings. The van der Waals surface area contributed by atoms with Gasteiger partial charge in [0, 0.05) is 13.7 Å². The maximum absolute atomic E-state index is 12.6. The Kier molecular flexibility index (Phi) is 4.88. The number of rotatable bonds is 4. The number of nitrogens with zero attached hydrogens (tertiary/aromatic N) is 2. The highest BCUT2D eigenvalue weighted by Crippen LogP contribution is 2.33. The van der Waals surface area contributed by atoms with Crippen LogP contribution in [0.4, 0.5) is 0 Å². The molecule has 1 aliphatic heterocycles. The van der Waals surface area contributed by atoms with Crippen LogP contribution in [0, 0.1) is 10.7 Å². The lowest BCUT2D eigenvalue weighted by Crippen LogP contribution is -2.37. The summed E-state index contributed by atoms with van der Waals surface area (Å²) >= 11 is 5.07. The van der Waals surface area contributed by atoms with E-state index in [4.69, 9.17) is 17.0 Å². The van der Waals surface area contributed by atoms with E-state index >= 15 is 0 Å². The molecule has 7 heteroatoms. The van der Waals surface area contributed by atoms with Crippen LogP contribution in [0.15, 0.2) is 30.3 Å². The second-order valence-electron chi connectivity index (χ2n) is 5.67. The summed E-state index contributed by atoms with van der Waals surface area (Å²) in [5, 5.41) is 9.78. The second-order valence-corrected chi connectivity index (χ2v) is 6.06. The third kappa shape index (κ3) is 3.51. The first kappa shape index (κ1) is 15.9. The maximum atomic E-state index is 12.6. The van der Waals surface area contributed by atoms with Crippen molar-refractivity contribution < 1.29 is 9.53 Å². The molecular weight excluding hydrogens is 312 g/mol. The average molecular weight is 332 g/mol. The Morgan fingerprint density at radius 3 is 2.96 bits per heavy atom. The average Bonchev–Trinajstić information content (AvgIpc) is 2.92. The van der Waals surface area contributed by atoms with Crippen molar-refractivity contribution in [1.29, 1.82) is 0 Å². The van der Waals surface area contributed by atoms with E-state index in [9.17, 15) is 4.79 Å². The summed E-state index contributed by atoms with van der Waals surface area (Å²) in [4.78, 5) is 12.6. The van der Waals surface area contributed by atoms with Gasteiger partial charge in [0.2, 0.25) is 5.91 Å². The second kappa shape index (κ2) is 7.06. The summed E-state index contributed by atoms with van der Waals surface area (Å²) in [7, 11) is 1.82. The molecule has 2 heterocycles. The summed E-state index contributed by atoms with van der Waals surface area (Å²) in [5.41, 5.74) is 1.05. The number of ether oxygens (including phenoxy) is 1. The van der Waals surface area contributed by atoms with E-state index in [0.717, 1.165) is 18.4 Å². The number of amides is 1. The molecule has 0 spiro atoms. The first-order valence-corrected chi connectivity index (χ1v) is 8.12. The Balaban J connectivity index is 1.69. The zero-order chi connectivity index (χ0) is 16.2. The monoisotopic (exact) mass is 332 g/mol. The number of nitrogens with one attached hydrogen (secondary N) is 2. The minimum absolute atomic E-state index is 0.00697. The summed E-state index contributed by atoms with van der Waals surface area (Å²) < 4.78 is 8.16. The molecule has 122 valence electrons. The highest BCUT2D eigenvalue weighted by Gasteiger charge is 2.32. The Labute approximate surface area is 139 Å². The number of hydrogen-bond donors (Lipinski definition) is 2. The molecule has 1 aromatic heterocycles. The molecule has 0 unspecified atom stereocenters. The molecule has 0 aliphatic carbocycles. The predicted octanol–water partition coefficient (Wildman–Crippen LogP) is 2.26. The standard InChI is InChI=1S/C16H20N4O2S/c1-20-13(18-19-16(20)23)10-17-15(21)12-8-5-9-22-14(12)11-6-3-2-4-7-11/h2-4,6-7,12,14H,5,8-10H2,1H3,(H,17,21)(H,19,23)/t12-,14+/m1/s1. The summed E-state index contributed by atoms with van der Waals surface area (Å²) in [6.45, 7) is 1.04. The van der Waals surface area contributed by atoms with Gasteiger partial charge in [0.25, 0.3) is 0 Å². The van der Waals surface area contributed by atoms with Gasteiger partial charge in [-0.2, -0.15) is 5.10 Å². The molecule has 2 N–H and O–H groups in total.